The monoisotopic (exact) mass is 497 g/mol. The van der Waals surface area contributed by atoms with Gasteiger partial charge in [0.05, 0.1) is 5.56 Å². The fourth-order valence-electron chi connectivity index (χ4n) is 3.08. The molecular formula is C27H35N3O6. The molecule has 2 rings (SSSR count). The van der Waals surface area contributed by atoms with Gasteiger partial charge in [-0.15, -0.1) is 0 Å². The molecule has 0 aliphatic carbocycles. The lowest BCUT2D eigenvalue weighted by atomic mass is 10.0. The number of esters is 1. The normalized spacial score (nSPS) is 12.2. The van der Waals surface area contributed by atoms with Crippen molar-refractivity contribution in [2.45, 2.75) is 72.1 Å². The van der Waals surface area contributed by atoms with Gasteiger partial charge in [0, 0.05) is 24.7 Å². The third kappa shape index (κ3) is 10.2. The van der Waals surface area contributed by atoms with Crippen molar-refractivity contribution in [3.05, 3.63) is 59.7 Å². The molecule has 36 heavy (non-hydrogen) atoms. The Kier molecular flexibility index (Phi) is 9.22. The molecule has 194 valence electrons. The number of rotatable bonds is 7. The molecule has 2 aromatic rings. The summed E-state index contributed by atoms with van der Waals surface area (Å²) in [4.78, 5) is 49.0. The minimum Gasteiger partial charge on any atom is -0.456 e. The summed E-state index contributed by atoms with van der Waals surface area (Å²) >= 11 is 0. The predicted octanol–water partition coefficient (Wildman–Crippen LogP) is 4.67. The smallest absolute Gasteiger partial charge is 0.408 e. The Morgan fingerprint density at radius 1 is 0.750 bits per heavy atom. The van der Waals surface area contributed by atoms with Gasteiger partial charge in [-0.2, -0.15) is 0 Å². The highest BCUT2D eigenvalue weighted by Gasteiger charge is 2.25. The summed E-state index contributed by atoms with van der Waals surface area (Å²) < 4.78 is 10.7. The Morgan fingerprint density at radius 3 is 1.75 bits per heavy atom. The van der Waals surface area contributed by atoms with Crippen molar-refractivity contribution in [1.82, 2.24) is 5.32 Å². The maximum absolute atomic E-state index is 13.1. The lowest BCUT2D eigenvalue weighted by molar-refractivity contribution is -0.118. The van der Waals surface area contributed by atoms with Crippen LogP contribution < -0.4 is 16.0 Å². The van der Waals surface area contributed by atoms with Gasteiger partial charge in [-0.1, -0.05) is 12.1 Å². The lowest BCUT2D eigenvalue weighted by Gasteiger charge is -2.23. The van der Waals surface area contributed by atoms with E-state index in [1.54, 1.807) is 90.1 Å². The summed E-state index contributed by atoms with van der Waals surface area (Å²) in [6.45, 7) is 12.0. The topological polar surface area (TPSA) is 123 Å². The van der Waals surface area contributed by atoms with Gasteiger partial charge in [-0.25, -0.2) is 9.59 Å². The molecule has 0 radical (unpaired) electrons. The zero-order valence-corrected chi connectivity index (χ0v) is 21.9. The molecule has 0 aliphatic heterocycles. The lowest BCUT2D eigenvalue weighted by Crippen LogP contribution is -2.47. The van der Waals surface area contributed by atoms with Gasteiger partial charge in [-0.05, 0) is 83.5 Å². The van der Waals surface area contributed by atoms with E-state index in [0.29, 0.717) is 16.9 Å². The van der Waals surface area contributed by atoms with E-state index in [-0.39, 0.29) is 12.3 Å². The second kappa shape index (κ2) is 11.7. The zero-order chi connectivity index (χ0) is 27.1. The first-order chi connectivity index (χ1) is 16.6. The Morgan fingerprint density at radius 2 is 1.25 bits per heavy atom. The summed E-state index contributed by atoms with van der Waals surface area (Å²) in [5.74, 6) is -1.12. The molecule has 3 amide bonds. The quantitative estimate of drug-likeness (QED) is 0.478. The number of hydrogen-bond donors (Lipinski definition) is 3. The van der Waals surface area contributed by atoms with Crippen molar-refractivity contribution in [3.8, 4) is 0 Å². The summed E-state index contributed by atoms with van der Waals surface area (Å²) in [5.41, 5.74) is 0.834. The molecule has 0 heterocycles. The number of nitrogens with one attached hydrogen (secondary N) is 3. The van der Waals surface area contributed by atoms with Gasteiger partial charge in [-0.3, -0.25) is 9.59 Å². The highest BCUT2D eigenvalue weighted by atomic mass is 16.6. The van der Waals surface area contributed by atoms with Gasteiger partial charge < -0.3 is 25.4 Å². The van der Waals surface area contributed by atoms with Crippen LogP contribution in [0.5, 0.6) is 0 Å². The van der Waals surface area contributed by atoms with Crippen molar-refractivity contribution >= 4 is 35.3 Å². The van der Waals surface area contributed by atoms with Crippen LogP contribution in [0.1, 0.15) is 64.4 Å². The molecule has 3 N–H and O–H groups in total. The third-order valence-corrected chi connectivity index (χ3v) is 4.51. The van der Waals surface area contributed by atoms with E-state index >= 15 is 0 Å². The number of ether oxygens (including phenoxy) is 2. The molecule has 0 aromatic heterocycles. The average Bonchev–Trinajstić information content (AvgIpc) is 2.72. The second-order valence-corrected chi connectivity index (χ2v) is 10.3. The molecule has 0 saturated heterocycles. The van der Waals surface area contributed by atoms with Crippen molar-refractivity contribution in [3.63, 3.8) is 0 Å². The predicted molar refractivity (Wildman–Crippen MR) is 138 cm³/mol. The van der Waals surface area contributed by atoms with Gasteiger partial charge >= 0.3 is 12.1 Å². The molecule has 0 bridgehead atoms. The van der Waals surface area contributed by atoms with Crippen LogP contribution in [0.2, 0.25) is 0 Å². The van der Waals surface area contributed by atoms with Crippen molar-refractivity contribution in [1.29, 1.82) is 0 Å². The van der Waals surface area contributed by atoms with Gasteiger partial charge in [0.25, 0.3) is 0 Å². The maximum atomic E-state index is 13.1. The molecule has 9 nitrogen and oxygen atoms in total. The molecule has 0 fully saturated rings. The Balaban J connectivity index is 2.16. The molecule has 0 saturated carbocycles. The number of amides is 3. The van der Waals surface area contributed by atoms with Gasteiger partial charge in [0.15, 0.2) is 0 Å². The third-order valence-electron chi connectivity index (χ3n) is 4.51. The van der Waals surface area contributed by atoms with Gasteiger partial charge in [0.2, 0.25) is 11.8 Å². The first kappa shape index (κ1) is 28.4. The van der Waals surface area contributed by atoms with Gasteiger partial charge in [0.1, 0.15) is 17.2 Å². The molecule has 0 unspecified atom stereocenters. The molecule has 1 atom stereocenters. The summed E-state index contributed by atoms with van der Waals surface area (Å²) in [7, 11) is 0. The standard InChI is InChI=1S/C27H35N3O6/c1-17(31)28-20-12-8-18(9-13-20)16-22(30-25(34)36-27(5,6)7)23(32)29-21-14-10-19(11-15-21)24(33)35-26(2,3)4/h8-15,22H,16H2,1-7H3,(H,28,31)(H,29,32)(H,30,34)/t22-/m0/s1. The molecule has 9 heteroatoms. The largest absolute Gasteiger partial charge is 0.456 e. The first-order valence-corrected chi connectivity index (χ1v) is 11.6. The number of alkyl carbamates (subject to hydrolysis) is 1. The van der Waals surface area contributed by atoms with Crippen LogP contribution in [0.25, 0.3) is 0 Å². The van der Waals surface area contributed by atoms with Crippen molar-refractivity contribution in [2.75, 3.05) is 10.6 Å². The van der Waals surface area contributed by atoms with Crippen molar-refractivity contribution in [2.24, 2.45) is 0 Å². The van der Waals surface area contributed by atoms with E-state index in [2.05, 4.69) is 16.0 Å². The number of carbonyl (C=O) groups excluding carboxylic acids is 4. The molecular weight excluding hydrogens is 462 g/mol. The zero-order valence-electron chi connectivity index (χ0n) is 21.9. The second-order valence-electron chi connectivity index (χ2n) is 10.3. The van der Waals surface area contributed by atoms with Crippen LogP contribution in [0, 0.1) is 0 Å². The molecule has 2 aromatic carbocycles. The van der Waals surface area contributed by atoms with Crippen LogP contribution in [0.4, 0.5) is 16.2 Å². The first-order valence-electron chi connectivity index (χ1n) is 11.6. The Hall–Kier alpha value is -3.88. The van der Waals surface area contributed by atoms with E-state index in [9.17, 15) is 19.2 Å². The number of carbonyl (C=O) groups is 4. The van der Waals surface area contributed by atoms with Crippen LogP contribution in [-0.4, -0.2) is 41.1 Å². The summed E-state index contributed by atoms with van der Waals surface area (Å²) in [5, 5.41) is 8.07. The van der Waals surface area contributed by atoms with Crippen molar-refractivity contribution < 1.29 is 28.7 Å². The average molecular weight is 498 g/mol. The fraction of sp³-hybridized carbons (Fsp3) is 0.407. The number of anilines is 2. The molecule has 0 spiro atoms. The summed E-state index contributed by atoms with van der Waals surface area (Å²) in [6.07, 6.45) is -0.542. The van der Waals surface area contributed by atoms with Crippen LogP contribution in [0.3, 0.4) is 0 Å². The Bertz CT molecular complexity index is 1080. The SMILES string of the molecule is CC(=O)Nc1ccc(C[C@H](NC(=O)OC(C)(C)C)C(=O)Nc2ccc(C(=O)OC(C)(C)C)cc2)cc1. The fourth-order valence-corrected chi connectivity index (χ4v) is 3.08. The minimum atomic E-state index is -0.947. The maximum Gasteiger partial charge on any atom is 0.408 e. The van der Waals surface area contributed by atoms with E-state index < -0.39 is 35.2 Å². The Labute approximate surface area is 211 Å². The molecule has 0 aliphatic rings. The van der Waals surface area contributed by atoms with Crippen LogP contribution >= 0.6 is 0 Å². The number of hydrogen-bond acceptors (Lipinski definition) is 6. The van der Waals surface area contributed by atoms with Crippen LogP contribution in [-0.2, 0) is 25.5 Å². The van der Waals surface area contributed by atoms with E-state index in [1.165, 1.54) is 6.92 Å². The summed E-state index contributed by atoms with van der Waals surface area (Å²) in [6, 6.07) is 12.3. The van der Waals surface area contributed by atoms with E-state index in [1.807, 2.05) is 0 Å². The van der Waals surface area contributed by atoms with E-state index in [0.717, 1.165) is 5.56 Å². The highest BCUT2D eigenvalue weighted by molar-refractivity contribution is 5.97. The highest BCUT2D eigenvalue weighted by Crippen LogP contribution is 2.17. The van der Waals surface area contributed by atoms with Crippen LogP contribution in [0.15, 0.2) is 48.5 Å². The number of benzene rings is 2. The van der Waals surface area contributed by atoms with E-state index in [4.69, 9.17) is 9.47 Å². The minimum absolute atomic E-state index is 0.182.